The maximum absolute atomic E-state index is 12.5. The summed E-state index contributed by atoms with van der Waals surface area (Å²) in [5.74, 6) is -0.675. The second-order valence-corrected chi connectivity index (χ2v) is 9.32. The number of aromatic hydroxyl groups is 1. The summed E-state index contributed by atoms with van der Waals surface area (Å²) < 4.78 is 0.534. The minimum atomic E-state index is -0.599. The summed E-state index contributed by atoms with van der Waals surface area (Å²) in [5, 5.41) is 25.0. The van der Waals surface area contributed by atoms with Gasteiger partial charge in [-0.05, 0) is 36.4 Å². The first-order valence-electron chi connectivity index (χ1n) is 9.41. The van der Waals surface area contributed by atoms with Gasteiger partial charge in [0.2, 0.25) is 5.91 Å². The van der Waals surface area contributed by atoms with Crippen molar-refractivity contribution in [3.8, 4) is 5.75 Å². The lowest BCUT2D eigenvalue weighted by atomic mass is 10.1. The SMILES string of the molecule is O=C(CCCCCN1C(=O)/C(=C\c2cccs2)SC1=S)Nc1cc([N+](=O)[O-])ccc1O. The number of nitro groups is 1. The number of unbranched alkanes of at least 4 members (excludes halogenated alkanes) is 2. The van der Waals surface area contributed by atoms with Crippen molar-refractivity contribution in [3.05, 3.63) is 55.6 Å². The van der Waals surface area contributed by atoms with Crippen LogP contribution < -0.4 is 5.32 Å². The second kappa shape index (κ2) is 10.5. The van der Waals surface area contributed by atoms with Crippen LogP contribution in [0.2, 0.25) is 0 Å². The number of carbonyl (C=O) groups excluding carboxylic acids is 2. The quantitative estimate of drug-likeness (QED) is 0.134. The molecule has 2 amide bonds. The fourth-order valence-corrected chi connectivity index (χ4v) is 4.91. The van der Waals surface area contributed by atoms with E-state index in [0.29, 0.717) is 35.0 Å². The van der Waals surface area contributed by atoms with Crippen molar-refractivity contribution >= 4 is 68.9 Å². The van der Waals surface area contributed by atoms with Gasteiger partial charge in [-0.25, -0.2) is 0 Å². The van der Waals surface area contributed by atoms with Gasteiger partial charge in [-0.1, -0.05) is 36.5 Å². The number of rotatable bonds is 9. The number of thiophene rings is 1. The highest BCUT2D eigenvalue weighted by Crippen LogP contribution is 2.33. The number of hydrogen-bond donors (Lipinski definition) is 2. The van der Waals surface area contributed by atoms with Gasteiger partial charge in [0.15, 0.2) is 0 Å². The smallest absolute Gasteiger partial charge is 0.271 e. The second-order valence-electron chi connectivity index (χ2n) is 6.67. The summed E-state index contributed by atoms with van der Waals surface area (Å²) in [6, 6.07) is 7.31. The summed E-state index contributed by atoms with van der Waals surface area (Å²) >= 11 is 8.17. The van der Waals surface area contributed by atoms with Crippen LogP contribution in [-0.4, -0.2) is 37.6 Å². The first kappa shape index (κ1) is 22.9. The standard InChI is InChI=1S/C20H19N3O5S3/c24-16-8-7-13(23(27)28)11-15(16)21-18(25)6-2-1-3-9-22-19(26)17(31-20(22)29)12-14-5-4-10-30-14/h4-5,7-8,10-12,24H,1-3,6,9H2,(H,21,25)/b17-12+. The molecule has 0 atom stereocenters. The van der Waals surface area contributed by atoms with Crippen LogP contribution in [0.5, 0.6) is 5.75 Å². The summed E-state index contributed by atoms with van der Waals surface area (Å²) in [6.45, 7) is 0.486. The van der Waals surface area contributed by atoms with Crippen LogP contribution >= 0.6 is 35.3 Å². The molecule has 1 fully saturated rings. The van der Waals surface area contributed by atoms with Crippen molar-refractivity contribution in [1.29, 1.82) is 0 Å². The van der Waals surface area contributed by atoms with E-state index in [1.807, 2.05) is 23.6 Å². The molecule has 1 aliphatic rings. The molecule has 2 N–H and O–H groups in total. The number of hydrogen-bond acceptors (Lipinski definition) is 8. The van der Waals surface area contributed by atoms with Crippen molar-refractivity contribution in [3.63, 3.8) is 0 Å². The van der Waals surface area contributed by atoms with E-state index >= 15 is 0 Å². The number of phenols is 1. The summed E-state index contributed by atoms with van der Waals surface area (Å²) in [7, 11) is 0. The van der Waals surface area contributed by atoms with Gasteiger partial charge >= 0.3 is 0 Å². The van der Waals surface area contributed by atoms with Crippen LogP contribution in [0.25, 0.3) is 6.08 Å². The van der Waals surface area contributed by atoms with Crippen LogP contribution in [0.3, 0.4) is 0 Å². The minimum absolute atomic E-state index is 0.00861. The molecule has 3 rings (SSSR count). The molecule has 0 saturated carbocycles. The lowest BCUT2D eigenvalue weighted by molar-refractivity contribution is -0.384. The largest absolute Gasteiger partial charge is 0.506 e. The van der Waals surface area contributed by atoms with E-state index in [1.165, 1.54) is 17.8 Å². The molecule has 0 radical (unpaired) electrons. The van der Waals surface area contributed by atoms with Gasteiger partial charge < -0.3 is 10.4 Å². The van der Waals surface area contributed by atoms with Crippen LogP contribution in [0.4, 0.5) is 11.4 Å². The molecular weight excluding hydrogens is 458 g/mol. The van der Waals surface area contributed by atoms with Crippen molar-refractivity contribution in [2.75, 3.05) is 11.9 Å². The highest BCUT2D eigenvalue weighted by Gasteiger charge is 2.31. The summed E-state index contributed by atoms with van der Waals surface area (Å²) in [4.78, 5) is 38.0. The average Bonchev–Trinajstić information content (AvgIpc) is 3.32. The highest BCUT2D eigenvalue weighted by molar-refractivity contribution is 8.26. The van der Waals surface area contributed by atoms with Gasteiger partial charge in [0.1, 0.15) is 10.1 Å². The zero-order valence-corrected chi connectivity index (χ0v) is 18.7. The number of non-ortho nitro benzene ring substituents is 1. The number of anilines is 1. The van der Waals surface area contributed by atoms with Crippen molar-refractivity contribution in [2.24, 2.45) is 0 Å². The van der Waals surface area contributed by atoms with Gasteiger partial charge in [0.25, 0.3) is 11.6 Å². The topological polar surface area (TPSA) is 113 Å². The zero-order valence-electron chi connectivity index (χ0n) is 16.3. The van der Waals surface area contributed by atoms with Gasteiger partial charge in [-0.15, -0.1) is 11.3 Å². The molecule has 11 heteroatoms. The first-order valence-corrected chi connectivity index (χ1v) is 11.5. The fraction of sp³-hybridized carbons (Fsp3) is 0.250. The number of phenolic OH excluding ortho intramolecular Hbond substituents is 1. The van der Waals surface area contributed by atoms with Gasteiger partial charge in [-0.3, -0.25) is 24.6 Å². The Morgan fingerprint density at radius 2 is 2.10 bits per heavy atom. The lowest BCUT2D eigenvalue weighted by Crippen LogP contribution is -2.29. The van der Waals surface area contributed by atoms with Crippen LogP contribution in [0, 0.1) is 10.1 Å². The number of amides is 2. The first-order chi connectivity index (χ1) is 14.8. The van der Waals surface area contributed by atoms with Gasteiger partial charge in [0, 0.05) is 30.0 Å². The predicted molar refractivity (Wildman–Crippen MR) is 126 cm³/mol. The predicted octanol–water partition coefficient (Wildman–Crippen LogP) is 4.76. The fourth-order valence-electron chi connectivity index (χ4n) is 2.88. The highest BCUT2D eigenvalue weighted by atomic mass is 32.2. The Kier molecular flexibility index (Phi) is 7.77. The average molecular weight is 478 g/mol. The number of nitrogens with one attached hydrogen (secondary N) is 1. The summed E-state index contributed by atoms with van der Waals surface area (Å²) in [5.41, 5.74) is -0.209. The van der Waals surface area contributed by atoms with E-state index < -0.39 is 4.92 Å². The number of thioether (sulfide) groups is 1. The van der Waals surface area contributed by atoms with Crippen molar-refractivity contribution < 1.29 is 19.6 Å². The lowest BCUT2D eigenvalue weighted by Gasteiger charge is -2.14. The third-order valence-electron chi connectivity index (χ3n) is 4.44. The third-order valence-corrected chi connectivity index (χ3v) is 6.64. The van der Waals surface area contributed by atoms with Crippen LogP contribution in [0.15, 0.2) is 40.6 Å². The molecule has 2 aromatic rings. The molecular formula is C20H19N3O5S3. The molecule has 0 aliphatic carbocycles. The van der Waals surface area contributed by atoms with Gasteiger partial charge in [-0.2, -0.15) is 0 Å². The van der Waals surface area contributed by atoms with E-state index in [2.05, 4.69) is 5.32 Å². The van der Waals surface area contributed by atoms with E-state index in [1.54, 1.807) is 16.2 Å². The Morgan fingerprint density at radius 3 is 2.81 bits per heavy atom. The molecule has 31 heavy (non-hydrogen) atoms. The normalized spacial score (nSPS) is 15.0. The number of nitro benzene ring substituents is 1. The van der Waals surface area contributed by atoms with Crippen molar-refractivity contribution in [2.45, 2.75) is 25.7 Å². The molecule has 1 aromatic carbocycles. The van der Waals surface area contributed by atoms with E-state index in [9.17, 15) is 24.8 Å². The number of thiocarbonyl (C=S) groups is 1. The minimum Gasteiger partial charge on any atom is -0.506 e. The molecule has 0 bridgehead atoms. The maximum atomic E-state index is 12.5. The number of benzene rings is 1. The summed E-state index contributed by atoms with van der Waals surface area (Å²) in [6.07, 6.45) is 4.00. The zero-order chi connectivity index (χ0) is 22.4. The van der Waals surface area contributed by atoms with Crippen LogP contribution in [-0.2, 0) is 9.59 Å². The van der Waals surface area contributed by atoms with E-state index in [0.717, 1.165) is 17.0 Å². The van der Waals surface area contributed by atoms with Gasteiger partial charge in [0.05, 0.1) is 15.5 Å². The van der Waals surface area contributed by atoms with Crippen LogP contribution in [0.1, 0.15) is 30.6 Å². The molecule has 8 nitrogen and oxygen atoms in total. The molecule has 162 valence electrons. The Morgan fingerprint density at radius 1 is 1.29 bits per heavy atom. The van der Waals surface area contributed by atoms with E-state index in [4.69, 9.17) is 12.2 Å². The van der Waals surface area contributed by atoms with E-state index in [-0.39, 0.29) is 35.4 Å². The molecule has 1 aromatic heterocycles. The number of nitrogens with zero attached hydrogens (tertiary/aromatic N) is 2. The molecule has 0 spiro atoms. The molecule has 1 aliphatic heterocycles. The molecule has 1 saturated heterocycles. The third kappa shape index (κ3) is 6.12. The Bertz CT molecular complexity index is 1040. The Hall–Kier alpha value is -2.76. The molecule has 0 unspecified atom stereocenters. The van der Waals surface area contributed by atoms with Crippen molar-refractivity contribution in [1.82, 2.24) is 4.90 Å². The number of carbonyl (C=O) groups is 2. The Balaban J connectivity index is 1.42. The maximum Gasteiger partial charge on any atom is 0.271 e. The Labute approximate surface area is 192 Å². The monoisotopic (exact) mass is 477 g/mol. The molecule has 2 heterocycles.